The van der Waals surface area contributed by atoms with Crippen molar-refractivity contribution in [2.45, 2.75) is 6.42 Å². The van der Waals surface area contributed by atoms with Gasteiger partial charge >= 0.3 is 5.69 Å². The monoisotopic (exact) mass is 312 g/mol. The summed E-state index contributed by atoms with van der Waals surface area (Å²) in [5.74, 6) is 0.115. The molecule has 2 rings (SSSR count). The van der Waals surface area contributed by atoms with Crippen molar-refractivity contribution in [1.82, 2.24) is 9.97 Å². The summed E-state index contributed by atoms with van der Waals surface area (Å²) >= 11 is 11.4. The third-order valence-electron chi connectivity index (χ3n) is 2.56. The van der Waals surface area contributed by atoms with Gasteiger partial charge in [-0.15, -0.1) is 0 Å². The number of halogens is 2. The Balaban J connectivity index is 2.02. The summed E-state index contributed by atoms with van der Waals surface area (Å²) in [5, 5.41) is 14.3. The van der Waals surface area contributed by atoms with Crippen LogP contribution in [0.5, 0.6) is 0 Å². The molecule has 0 saturated heterocycles. The van der Waals surface area contributed by atoms with Crippen LogP contribution in [-0.2, 0) is 6.42 Å². The average Bonchev–Trinajstić information content (AvgIpc) is 2.41. The molecule has 0 atom stereocenters. The van der Waals surface area contributed by atoms with Gasteiger partial charge < -0.3 is 5.32 Å². The normalized spacial score (nSPS) is 10.3. The first-order chi connectivity index (χ1) is 9.56. The van der Waals surface area contributed by atoms with Crippen molar-refractivity contribution < 1.29 is 4.92 Å². The second-order valence-corrected chi connectivity index (χ2v) is 4.71. The number of anilines is 1. The van der Waals surface area contributed by atoms with Crippen LogP contribution < -0.4 is 5.32 Å². The maximum Gasteiger partial charge on any atom is 0.329 e. The highest BCUT2D eigenvalue weighted by molar-refractivity contribution is 6.30. The Morgan fingerprint density at radius 1 is 1.25 bits per heavy atom. The minimum Gasteiger partial charge on any atom is -0.364 e. The highest BCUT2D eigenvalue weighted by Gasteiger charge is 2.16. The molecule has 2 aromatic rings. The fourth-order valence-electron chi connectivity index (χ4n) is 1.59. The summed E-state index contributed by atoms with van der Waals surface area (Å²) in [4.78, 5) is 17.7. The number of rotatable bonds is 5. The van der Waals surface area contributed by atoms with Crippen molar-refractivity contribution in [3.63, 3.8) is 0 Å². The first-order valence-corrected chi connectivity index (χ1v) is 6.47. The number of aromatic nitrogens is 2. The third kappa shape index (κ3) is 3.79. The van der Waals surface area contributed by atoms with Gasteiger partial charge in [-0.3, -0.25) is 10.1 Å². The smallest absolute Gasteiger partial charge is 0.329 e. The van der Waals surface area contributed by atoms with Gasteiger partial charge in [0.05, 0.1) is 4.92 Å². The number of nitro groups is 1. The van der Waals surface area contributed by atoms with E-state index < -0.39 is 4.92 Å². The van der Waals surface area contributed by atoms with Gasteiger partial charge in [0.25, 0.3) is 0 Å². The van der Waals surface area contributed by atoms with Crippen LogP contribution in [0, 0.1) is 10.1 Å². The molecule has 0 aliphatic carbocycles. The average molecular weight is 313 g/mol. The van der Waals surface area contributed by atoms with Crippen LogP contribution in [0.1, 0.15) is 5.56 Å². The summed E-state index contributed by atoms with van der Waals surface area (Å²) < 4.78 is 0. The van der Waals surface area contributed by atoms with E-state index in [0.29, 0.717) is 18.0 Å². The molecule has 8 heteroatoms. The zero-order chi connectivity index (χ0) is 14.5. The second-order valence-electron chi connectivity index (χ2n) is 3.93. The molecule has 0 radical (unpaired) electrons. The molecule has 1 N–H and O–H groups in total. The summed E-state index contributed by atoms with van der Waals surface area (Å²) in [5.41, 5.74) is 0.857. The Morgan fingerprint density at radius 2 is 1.95 bits per heavy atom. The van der Waals surface area contributed by atoms with E-state index in [1.807, 2.05) is 12.1 Å². The lowest BCUT2D eigenvalue weighted by atomic mass is 10.1. The molecule has 0 unspecified atom stereocenters. The Hall–Kier alpha value is -1.92. The summed E-state index contributed by atoms with van der Waals surface area (Å²) in [7, 11) is 0. The molecular weight excluding hydrogens is 303 g/mol. The van der Waals surface area contributed by atoms with Gasteiger partial charge in [0, 0.05) is 11.6 Å². The van der Waals surface area contributed by atoms with Crippen LogP contribution >= 0.6 is 23.2 Å². The first-order valence-electron chi connectivity index (χ1n) is 5.71. The lowest BCUT2D eigenvalue weighted by molar-refractivity contribution is -0.384. The van der Waals surface area contributed by atoms with Crippen molar-refractivity contribution in [1.29, 1.82) is 0 Å². The molecule has 0 aliphatic rings. The zero-order valence-electron chi connectivity index (χ0n) is 10.2. The third-order valence-corrected chi connectivity index (χ3v) is 2.99. The van der Waals surface area contributed by atoms with Gasteiger partial charge in [-0.1, -0.05) is 23.7 Å². The Kier molecular flexibility index (Phi) is 4.70. The zero-order valence-corrected chi connectivity index (χ0v) is 11.7. The quantitative estimate of drug-likeness (QED) is 0.520. The number of nitrogens with zero attached hydrogens (tertiary/aromatic N) is 3. The summed E-state index contributed by atoms with van der Waals surface area (Å²) in [6.07, 6.45) is 1.76. The summed E-state index contributed by atoms with van der Waals surface area (Å²) in [6.45, 7) is 0.482. The topological polar surface area (TPSA) is 81.0 Å². The Morgan fingerprint density at radius 3 is 2.60 bits per heavy atom. The molecule has 1 aromatic heterocycles. The van der Waals surface area contributed by atoms with E-state index in [2.05, 4.69) is 15.3 Å². The number of benzene rings is 1. The van der Waals surface area contributed by atoms with Crippen molar-refractivity contribution >= 4 is 34.7 Å². The van der Waals surface area contributed by atoms with E-state index in [-0.39, 0.29) is 16.8 Å². The number of nitrogens with one attached hydrogen (secondary N) is 1. The van der Waals surface area contributed by atoms with E-state index in [1.165, 1.54) is 0 Å². The molecule has 1 aromatic carbocycles. The van der Waals surface area contributed by atoms with Gasteiger partial charge in [0.1, 0.15) is 6.20 Å². The van der Waals surface area contributed by atoms with Crippen molar-refractivity contribution in [2.75, 3.05) is 11.9 Å². The van der Waals surface area contributed by atoms with E-state index >= 15 is 0 Å². The van der Waals surface area contributed by atoms with Crippen LogP contribution in [-0.4, -0.2) is 21.4 Å². The van der Waals surface area contributed by atoms with Crippen LogP contribution in [0.25, 0.3) is 0 Å². The SMILES string of the molecule is O=[N+]([O-])c1cnc(Cl)nc1NCCc1ccc(Cl)cc1. The van der Waals surface area contributed by atoms with Crippen molar-refractivity contribution in [3.05, 3.63) is 56.4 Å². The molecule has 0 spiro atoms. The molecule has 20 heavy (non-hydrogen) atoms. The van der Waals surface area contributed by atoms with Gasteiger partial charge in [-0.05, 0) is 35.7 Å². The van der Waals surface area contributed by atoms with E-state index in [0.717, 1.165) is 11.8 Å². The van der Waals surface area contributed by atoms with E-state index in [1.54, 1.807) is 12.1 Å². The molecule has 0 aliphatic heterocycles. The van der Waals surface area contributed by atoms with Crippen molar-refractivity contribution in [3.8, 4) is 0 Å². The maximum absolute atomic E-state index is 10.8. The van der Waals surface area contributed by atoms with Gasteiger partial charge in [-0.25, -0.2) is 4.98 Å². The van der Waals surface area contributed by atoms with Gasteiger partial charge in [0.15, 0.2) is 0 Å². The molecule has 1 heterocycles. The molecular formula is C12H10Cl2N4O2. The van der Waals surface area contributed by atoms with Crippen molar-refractivity contribution in [2.24, 2.45) is 0 Å². The molecule has 0 amide bonds. The number of hydrogen-bond donors (Lipinski definition) is 1. The minimum atomic E-state index is -0.555. The van der Waals surface area contributed by atoms with Crippen LogP contribution in [0.15, 0.2) is 30.5 Å². The molecule has 0 fully saturated rings. The molecule has 104 valence electrons. The molecule has 0 bridgehead atoms. The predicted octanol–water partition coefficient (Wildman–Crippen LogP) is 3.35. The van der Waals surface area contributed by atoms with Crippen LogP contribution in [0.2, 0.25) is 10.3 Å². The fourth-order valence-corrected chi connectivity index (χ4v) is 1.85. The second kappa shape index (κ2) is 6.49. The summed E-state index contributed by atoms with van der Waals surface area (Å²) in [6, 6.07) is 7.37. The first kappa shape index (κ1) is 14.5. The Labute approximate surface area is 124 Å². The van der Waals surface area contributed by atoms with E-state index in [9.17, 15) is 10.1 Å². The molecule has 6 nitrogen and oxygen atoms in total. The van der Waals surface area contributed by atoms with E-state index in [4.69, 9.17) is 23.2 Å². The lowest BCUT2D eigenvalue weighted by Gasteiger charge is -2.06. The lowest BCUT2D eigenvalue weighted by Crippen LogP contribution is -2.09. The minimum absolute atomic E-state index is 0.0374. The highest BCUT2D eigenvalue weighted by Crippen LogP contribution is 2.21. The highest BCUT2D eigenvalue weighted by atomic mass is 35.5. The van der Waals surface area contributed by atoms with Gasteiger partial charge in [-0.2, -0.15) is 4.98 Å². The predicted molar refractivity (Wildman–Crippen MR) is 77.3 cm³/mol. The number of hydrogen-bond acceptors (Lipinski definition) is 5. The molecule has 0 saturated carbocycles. The Bertz CT molecular complexity index is 619. The maximum atomic E-state index is 10.8. The van der Waals surface area contributed by atoms with Crippen LogP contribution in [0.4, 0.5) is 11.5 Å². The standard InChI is InChI=1S/C12H10Cl2N4O2/c13-9-3-1-8(2-4-9)5-6-15-11-10(18(19)20)7-16-12(14)17-11/h1-4,7H,5-6H2,(H,15,16,17). The largest absolute Gasteiger partial charge is 0.364 e. The fraction of sp³-hybridized carbons (Fsp3) is 0.167. The van der Waals surface area contributed by atoms with Crippen LogP contribution in [0.3, 0.4) is 0 Å². The van der Waals surface area contributed by atoms with Gasteiger partial charge in [0.2, 0.25) is 11.1 Å².